The fourth-order valence-electron chi connectivity index (χ4n) is 2.55. The van der Waals surface area contributed by atoms with Crippen molar-refractivity contribution in [1.82, 2.24) is 0 Å². The zero-order valence-electron chi connectivity index (χ0n) is 21.2. The highest BCUT2D eigenvalue weighted by Crippen LogP contribution is 2.30. The maximum Gasteiger partial charge on any atom is 0.514 e. The second kappa shape index (κ2) is 14.1. The SMILES string of the molecule is CCC(=O)O[C@@H](C)[C@H](C)OC(=O)[C@@H](N)Cc1ccc(OC(=O)OC(C)C)c(OC(=O)OC(C)C)c1. The topological polar surface area (TPSA) is 150 Å². The van der Waals surface area contributed by atoms with Crippen LogP contribution < -0.4 is 15.2 Å². The van der Waals surface area contributed by atoms with Gasteiger partial charge in [-0.2, -0.15) is 0 Å². The molecule has 35 heavy (non-hydrogen) atoms. The first-order chi connectivity index (χ1) is 16.3. The first-order valence-corrected chi connectivity index (χ1v) is 11.4. The number of benzene rings is 1. The van der Waals surface area contributed by atoms with E-state index in [1.54, 1.807) is 54.5 Å². The normalized spacial score (nSPS) is 13.4. The maximum absolute atomic E-state index is 12.4. The largest absolute Gasteiger partial charge is 0.514 e. The van der Waals surface area contributed by atoms with Crippen LogP contribution in [0, 0.1) is 0 Å². The molecule has 0 bridgehead atoms. The van der Waals surface area contributed by atoms with E-state index in [9.17, 15) is 19.2 Å². The molecule has 0 saturated carbocycles. The van der Waals surface area contributed by atoms with E-state index < -0.39 is 54.7 Å². The van der Waals surface area contributed by atoms with E-state index in [0.717, 1.165) is 0 Å². The molecule has 0 fully saturated rings. The van der Waals surface area contributed by atoms with Crippen LogP contribution in [0.1, 0.15) is 60.5 Å². The van der Waals surface area contributed by atoms with Gasteiger partial charge in [-0.25, -0.2) is 9.59 Å². The second-order valence-electron chi connectivity index (χ2n) is 8.32. The highest BCUT2D eigenvalue weighted by atomic mass is 16.7. The standard InChI is InChI=1S/C24H35NO10/c1-8-21(26)32-15(6)16(7)33-22(27)18(25)11-17-9-10-19(34-23(28)30-13(2)3)20(12-17)35-24(29)31-14(4)5/h9-10,12-16,18H,8,11,25H2,1-7H3/t15-,16-,18-/m0/s1. The van der Waals surface area contributed by atoms with Crippen molar-refractivity contribution in [3.63, 3.8) is 0 Å². The van der Waals surface area contributed by atoms with Crippen LogP contribution in [0.5, 0.6) is 11.5 Å². The molecule has 0 aliphatic carbocycles. The van der Waals surface area contributed by atoms with E-state index in [-0.39, 0.29) is 24.3 Å². The van der Waals surface area contributed by atoms with Crippen molar-refractivity contribution in [3.8, 4) is 11.5 Å². The smallest absolute Gasteiger partial charge is 0.459 e. The zero-order chi connectivity index (χ0) is 26.7. The molecular weight excluding hydrogens is 462 g/mol. The maximum atomic E-state index is 12.4. The number of esters is 2. The lowest BCUT2D eigenvalue weighted by Crippen LogP contribution is -2.39. The Kier molecular flexibility index (Phi) is 12.0. The first kappa shape index (κ1) is 29.7. The van der Waals surface area contributed by atoms with Crippen LogP contribution in [0.3, 0.4) is 0 Å². The summed E-state index contributed by atoms with van der Waals surface area (Å²) in [6, 6.07) is 3.24. The van der Waals surface area contributed by atoms with Crippen molar-refractivity contribution in [1.29, 1.82) is 0 Å². The lowest BCUT2D eigenvalue weighted by Gasteiger charge is -2.22. The molecule has 0 spiro atoms. The molecule has 11 heteroatoms. The predicted molar refractivity (Wildman–Crippen MR) is 124 cm³/mol. The summed E-state index contributed by atoms with van der Waals surface area (Å²) >= 11 is 0. The molecule has 0 aromatic heterocycles. The Labute approximate surface area is 205 Å². The highest BCUT2D eigenvalue weighted by molar-refractivity contribution is 5.76. The van der Waals surface area contributed by atoms with Crippen molar-refractivity contribution < 1.29 is 47.6 Å². The molecule has 1 aromatic rings. The van der Waals surface area contributed by atoms with Crippen LogP contribution >= 0.6 is 0 Å². The highest BCUT2D eigenvalue weighted by Gasteiger charge is 2.25. The van der Waals surface area contributed by atoms with Crippen molar-refractivity contribution >= 4 is 24.2 Å². The van der Waals surface area contributed by atoms with E-state index in [1.807, 2.05) is 0 Å². The Morgan fingerprint density at radius 3 is 1.80 bits per heavy atom. The van der Waals surface area contributed by atoms with Crippen molar-refractivity contribution in [2.75, 3.05) is 0 Å². The van der Waals surface area contributed by atoms with E-state index >= 15 is 0 Å². The molecule has 0 aliphatic heterocycles. The lowest BCUT2D eigenvalue weighted by molar-refractivity contribution is -0.166. The summed E-state index contributed by atoms with van der Waals surface area (Å²) in [7, 11) is 0. The number of rotatable bonds is 11. The van der Waals surface area contributed by atoms with Crippen LogP contribution in [-0.4, -0.2) is 54.7 Å². The summed E-state index contributed by atoms with van der Waals surface area (Å²) in [5.41, 5.74) is 6.49. The zero-order valence-corrected chi connectivity index (χ0v) is 21.2. The summed E-state index contributed by atoms with van der Waals surface area (Å²) in [6.45, 7) is 11.4. The van der Waals surface area contributed by atoms with Crippen LogP contribution in [0.4, 0.5) is 9.59 Å². The van der Waals surface area contributed by atoms with Gasteiger partial charge >= 0.3 is 24.2 Å². The van der Waals surface area contributed by atoms with E-state index in [0.29, 0.717) is 5.56 Å². The van der Waals surface area contributed by atoms with Gasteiger partial charge in [-0.3, -0.25) is 9.59 Å². The number of hydrogen-bond donors (Lipinski definition) is 1. The van der Waals surface area contributed by atoms with E-state index in [1.165, 1.54) is 12.1 Å². The van der Waals surface area contributed by atoms with Gasteiger partial charge in [0.15, 0.2) is 11.5 Å². The van der Waals surface area contributed by atoms with E-state index in [4.69, 9.17) is 34.2 Å². The van der Waals surface area contributed by atoms with Crippen LogP contribution in [0.15, 0.2) is 18.2 Å². The molecule has 196 valence electrons. The predicted octanol–water partition coefficient (Wildman–Crippen LogP) is 3.68. The molecular formula is C24H35NO10. The van der Waals surface area contributed by atoms with Gasteiger partial charge in [0.1, 0.15) is 18.2 Å². The van der Waals surface area contributed by atoms with Gasteiger partial charge in [0.25, 0.3) is 0 Å². The summed E-state index contributed by atoms with van der Waals surface area (Å²) in [5.74, 6) is -1.33. The summed E-state index contributed by atoms with van der Waals surface area (Å²) < 4.78 is 30.7. The molecule has 0 radical (unpaired) electrons. The molecule has 0 unspecified atom stereocenters. The second-order valence-corrected chi connectivity index (χ2v) is 8.32. The van der Waals surface area contributed by atoms with Crippen molar-refractivity contribution in [2.45, 2.75) is 91.8 Å². The van der Waals surface area contributed by atoms with Gasteiger partial charge in [0.05, 0.1) is 12.2 Å². The number of carbonyl (C=O) groups excluding carboxylic acids is 4. The molecule has 11 nitrogen and oxygen atoms in total. The Morgan fingerprint density at radius 2 is 1.29 bits per heavy atom. The minimum atomic E-state index is -1.07. The minimum absolute atomic E-state index is 0.0149. The van der Waals surface area contributed by atoms with Crippen LogP contribution in [0.25, 0.3) is 0 Å². The van der Waals surface area contributed by atoms with E-state index in [2.05, 4.69) is 0 Å². The van der Waals surface area contributed by atoms with Gasteiger partial charge in [-0.1, -0.05) is 13.0 Å². The van der Waals surface area contributed by atoms with Crippen LogP contribution in [-0.2, 0) is 35.0 Å². The van der Waals surface area contributed by atoms with Gasteiger partial charge in [-0.05, 0) is 65.7 Å². The molecule has 0 saturated heterocycles. The van der Waals surface area contributed by atoms with Gasteiger partial charge in [0, 0.05) is 6.42 Å². The third-order valence-corrected chi connectivity index (χ3v) is 4.39. The third-order valence-electron chi connectivity index (χ3n) is 4.39. The molecule has 3 atom stereocenters. The lowest BCUT2D eigenvalue weighted by atomic mass is 10.1. The number of carbonyl (C=O) groups is 4. The molecule has 0 heterocycles. The molecule has 1 aromatic carbocycles. The Morgan fingerprint density at radius 1 is 0.771 bits per heavy atom. The minimum Gasteiger partial charge on any atom is -0.459 e. The number of hydrogen-bond acceptors (Lipinski definition) is 11. The first-order valence-electron chi connectivity index (χ1n) is 11.4. The summed E-state index contributed by atoms with van der Waals surface area (Å²) in [5, 5.41) is 0. The number of ether oxygens (including phenoxy) is 6. The molecule has 0 aliphatic rings. The summed E-state index contributed by atoms with van der Waals surface area (Å²) in [6.07, 6.45) is -3.99. The average molecular weight is 498 g/mol. The monoisotopic (exact) mass is 497 g/mol. The fraction of sp³-hybridized carbons (Fsp3) is 0.583. The molecule has 1 rings (SSSR count). The fourth-order valence-corrected chi connectivity index (χ4v) is 2.55. The van der Waals surface area contributed by atoms with Crippen molar-refractivity contribution in [2.24, 2.45) is 5.73 Å². The number of nitrogens with two attached hydrogens (primary N) is 1. The third kappa shape index (κ3) is 11.1. The Balaban J connectivity index is 2.95. The Hall–Kier alpha value is -3.34. The van der Waals surface area contributed by atoms with Crippen LogP contribution in [0.2, 0.25) is 0 Å². The average Bonchev–Trinajstić information content (AvgIpc) is 2.73. The molecule has 2 N–H and O–H groups in total. The van der Waals surface area contributed by atoms with Crippen molar-refractivity contribution in [3.05, 3.63) is 23.8 Å². The summed E-state index contributed by atoms with van der Waals surface area (Å²) in [4.78, 5) is 47.8. The van der Waals surface area contributed by atoms with Gasteiger partial charge in [0.2, 0.25) is 0 Å². The molecule has 0 amide bonds. The van der Waals surface area contributed by atoms with Gasteiger partial charge in [-0.15, -0.1) is 0 Å². The van der Waals surface area contributed by atoms with Gasteiger partial charge < -0.3 is 34.2 Å². The quantitative estimate of drug-likeness (QED) is 0.271. The Bertz CT molecular complexity index is 883.